The third-order valence-electron chi connectivity index (χ3n) is 1.89. The van der Waals surface area contributed by atoms with E-state index in [1.165, 1.54) is 0 Å². The van der Waals surface area contributed by atoms with E-state index in [1.807, 2.05) is 27.7 Å². The molecule has 3 nitrogen and oxygen atoms in total. The predicted molar refractivity (Wildman–Crippen MR) is 69.4 cm³/mol. The van der Waals surface area contributed by atoms with Gasteiger partial charge in [-0.15, -0.1) is 0 Å². The highest BCUT2D eigenvalue weighted by atomic mass is 35.5. The van der Waals surface area contributed by atoms with Crippen LogP contribution < -0.4 is 0 Å². The molecule has 1 aromatic rings. The first-order valence-electron chi connectivity index (χ1n) is 4.90. The van der Waals surface area contributed by atoms with E-state index in [2.05, 4.69) is 9.38 Å². The van der Waals surface area contributed by atoms with Crippen LogP contribution in [0, 0.1) is 0 Å². The first kappa shape index (κ1) is 13.5. The third-order valence-corrected chi connectivity index (χ3v) is 3.58. The van der Waals surface area contributed by atoms with Crippen LogP contribution in [-0.4, -0.2) is 20.0 Å². The Bertz CT molecular complexity index is 401. The molecular formula is C11H15ClN2OS. The molecule has 5 heteroatoms. The molecule has 0 aliphatic rings. The molecule has 0 aromatic carbocycles. The van der Waals surface area contributed by atoms with E-state index in [-0.39, 0.29) is 4.75 Å². The fourth-order valence-corrected chi connectivity index (χ4v) is 1.74. The number of hydrogen-bond donors (Lipinski definition) is 0. The lowest BCUT2D eigenvalue weighted by molar-refractivity contribution is 0.561. The summed E-state index contributed by atoms with van der Waals surface area (Å²) in [6.45, 7) is 7.48. The molecule has 88 valence electrons. The van der Waals surface area contributed by atoms with Gasteiger partial charge in [-0.25, -0.2) is 4.98 Å². The van der Waals surface area contributed by atoms with Crippen LogP contribution in [0.1, 0.15) is 33.3 Å². The zero-order valence-electron chi connectivity index (χ0n) is 9.82. The molecule has 1 unspecified atom stereocenters. The molecule has 0 spiro atoms. The van der Waals surface area contributed by atoms with Crippen molar-refractivity contribution in [2.24, 2.45) is 4.40 Å². The summed E-state index contributed by atoms with van der Waals surface area (Å²) in [6.07, 6.45) is 1.61. The average Bonchev–Trinajstić information content (AvgIpc) is 2.16. The first-order valence-corrected chi connectivity index (χ1v) is 6.38. The minimum Gasteiger partial charge on any atom is -0.591 e. The van der Waals surface area contributed by atoms with Crippen LogP contribution in [0.4, 0.5) is 0 Å². The molecule has 16 heavy (non-hydrogen) atoms. The molecule has 0 radical (unpaired) electrons. The number of halogens is 1. The van der Waals surface area contributed by atoms with Gasteiger partial charge in [0.05, 0.1) is 5.71 Å². The first-order chi connectivity index (χ1) is 7.30. The molecule has 0 bridgehead atoms. The molecule has 0 N–H and O–H groups in total. The Morgan fingerprint density at radius 2 is 2.12 bits per heavy atom. The topological polar surface area (TPSA) is 48.3 Å². The maximum atomic E-state index is 11.8. The quantitative estimate of drug-likeness (QED) is 0.465. The summed E-state index contributed by atoms with van der Waals surface area (Å²) < 4.78 is 15.6. The van der Waals surface area contributed by atoms with Crippen LogP contribution in [0.25, 0.3) is 0 Å². The van der Waals surface area contributed by atoms with Crippen molar-refractivity contribution < 1.29 is 4.55 Å². The maximum Gasteiger partial charge on any atom is 0.144 e. The molecule has 0 aliphatic carbocycles. The molecule has 1 aromatic heterocycles. The predicted octanol–water partition coefficient (Wildman–Crippen LogP) is 3.01. The van der Waals surface area contributed by atoms with Crippen molar-refractivity contribution in [3.8, 4) is 0 Å². The van der Waals surface area contributed by atoms with Crippen molar-refractivity contribution in [2.75, 3.05) is 0 Å². The lowest BCUT2D eigenvalue weighted by Gasteiger charge is -2.18. The van der Waals surface area contributed by atoms with Gasteiger partial charge in [0.2, 0.25) is 0 Å². The van der Waals surface area contributed by atoms with E-state index >= 15 is 0 Å². The zero-order valence-corrected chi connectivity index (χ0v) is 11.4. The van der Waals surface area contributed by atoms with Gasteiger partial charge in [-0.3, -0.25) is 0 Å². The van der Waals surface area contributed by atoms with Gasteiger partial charge in [-0.1, -0.05) is 16.0 Å². The van der Waals surface area contributed by atoms with E-state index in [0.29, 0.717) is 10.9 Å². The Kier molecular flexibility index (Phi) is 4.35. The van der Waals surface area contributed by atoms with Gasteiger partial charge in [0.15, 0.2) is 0 Å². The number of nitrogens with zero attached hydrogens (tertiary/aromatic N) is 2. The normalized spacial score (nSPS) is 15.0. The van der Waals surface area contributed by atoms with Crippen molar-refractivity contribution in [1.29, 1.82) is 0 Å². The summed E-state index contributed by atoms with van der Waals surface area (Å²) in [6, 6.07) is 3.50. The fraction of sp³-hybridized carbons (Fsp3) is 0.455. The van der Waals surface area contributed by atoms with Crippen LogP contribution >= 0.6 is 11.6 Å². The number of aromatic nitrogens is 1. The van der Waals surface area contributed by atoms with Crippen LogP contribution in [0.5, 0.6) is 0 Å². The average molecular weight is 259 g/mol. The Morgan fingerprint density at radius 1 is 1.50 bits per heavy atom. The highest BCUT2D eigenvalue weighted by molar-refractivity contribution is 7.91. The largest absolute Gasteiger partial charge is 0.591 e. The highest BCUT2D eigenvalue weighted by Gasteiger charge is 2.26. The number of pyridine rings is 1. The summed E-state index contributed by atoms with van der Waals surface area (Å²) in [7, 11) is 0. The van der Waals surface area contributed by atoms with Gasteiger partial charge in [-0.05, 0) is 39.8 Å². The van der Waals surface area contributed by atoms with Crippen molar-refractivity contribution >= 4 is 28.7 Å². The van der Waals surface area contributed by atoms with Crippen LogP contribution in [0.2, 0.25) is 5.15 Å². The van der Waals surface area contributed by atoms with Gasteiger partial charge in [0, 0.05) is 11.8 Å². The van der Waals surface area contributed by atoms with Crippen molar-refractivity contribution in [2.45, 2.75) is 32.4 Å². The Hall–Kier alpha value is -0.580. The number of hydrogen-bond acceptors (Lipinski definition) is 3. The lowest BCUT2D eigenvalue weighted by atomic mass is 10.2. The third kappa shape index (κ3) is 3.77. The second kappa shape index (κ2) is 5.17. The van der Waals surface area contributed by atoms with Crippen molar-refractivity contribution in [3.63, 3.8) is 0 Å². The van der Waals surface area contributed by atoms with Gasteiger partial charge < -0.3 is 4.55 Å². The van der Waals surface area contributed by atoms with E-state index < -0.39 is 11.4 Å². The molecular weight excluding hydrogens is 244 g/mol. The summed E-state index contributed by atoms with van der Waals surface area (Å²) in [5.41, 5.74) is 1.55. The summed E-state index contributed by atoms with van der Waals surface area (Å²) in [5, 5.41) is 0.411. The molecule has 1 heterocycles. The molecule has 0 saturated heterocycles. The minimum absolute atomic E-state index is 0.349. The summed E-state index contributed by atoms with van der Waals surface area (Å²) >= 11 is 4.52. The fourth-order valence-electron chi connectivity index (χ4n) is 0.942. The van der Waals surface area contributed by atoms with Crippen LogP contribution in [-0.2, 0) is 11.4 Å². The van der Waals surface area contributed by atoms with E-state index in [4.69, 9.17) is 11.6 Å². The molecule has 1 rings (SSSR count). The Labute approximate surface area is 104 Å². The summed E-state index contributed by atoms with van der Waals surface area (Å²) in [4.78, 5) is 3.88. The van der Waals surface area contributed by atoms with Crippen LogP contribution in [0.15, 0.2) is 22.7 Å². The van der Waals surface area contributed by atoms with E-state index in [1.54, 1.807) is 18.3 Å². The van der Waals surface area contributed by atoms with Gasteiger partial charge in [0.1, 0.15) is 21.3 Å². The standard InChI is InChI=1S/C11H15ClN2OS/c1-8(14-16(15)11(2,3)4)9-5-6-13-10(12)7-9/h5-7H,1-4H3/b14-8+. The van der Waals surface area contributed by atoms with E-state index in [0.717, 1.165) is 5.56 Å². The number of rotatable bonds is 2. The Balaban J connectivity index is 2.94. The SMILES string of the molecule is C/C(=N\[S+]([O-])C(C)(C)C)c1ccnc(Cl)c1. The van der Waals surface area contributed by atoms with E-state index in [9.17, 15) is 4.55 Å². The van der Waals surface area contributed by atoms with Crippen molar-refractivity contribution in [3.05, 3.63) is 29.0 Å². The second-order valence-corrected chi connectivity index (χ2v) is 6.70. The molecule has 0 amide bonds. The molecule has 0 aliphatic heterocycles. The Morgan fingerprint density at radius 3 is 2.62 bits per heavy atom. The zero-order chi connectivity index (χ0) is 12.3. The molecule has 1 atom stereocenters. The molecule has 0 saturated carbocycles. The monoisotopic (exact) mass is 258 g/mol. The molecule has 0 fully saturated rings. The highest BCUT2D eigenvalue weighted by Crippen LogP contribution is 2.18. The van der Waals surface area contributed by atoms with Gasteiger partial charge in [0.25, 0.3) is 0 Å². The lowest BCUT2D eigenvalue weighted by Crippen LogP contribution is -2.26. The van der Waals surface area contributed by atoms with Gasteiger partial charge in [-0.2, -0.15) is 0 Å². The van der Waals surface area contributed by atoms with Crippen LogP contribution in [0.3, 0.4) is 0 Å². The van der Waals surface area contributed by atoms with Gasteiger partial charge >= 0.3 is 0 Å². The smallest absolute Gasteiger partial charge is 0.144 e. The summed E-state index contributed by atoms with van der Waals surface area (Å²) in [5.74, 6) is 0. The minimum atomic E-state index is -1.25. The van der Waals surface area contributed by atoms with Crippen molar-refractivity contribution in [1.82, 2.24) is 4.98 Å². The second-order valence-electron chi connectivity index (χ2n) is 4.41. The maximum absolute atomic E-state index is 11.8.